The van der Waals surface area contributed by atoms with E-state index in [0.717, 1.165) is 49.9 Å². The molecule has 0 saturated heterocycles. The van der Waals surface area contributed by atoms with E-state index in [1.54, 1.807) is 36.4 Å². The average molecular weight is 763 g/mol. The lowest BCUT2D eigenvalue weighted by Crippen LogP contribution is -2.31. The smallest absolute Gasteiger partial charge is 0.328 e. The molecule has 0 amide bonds. The molecule has 0 fully saturated rings. The van der Waals surface area contributed by atoms with Gasteiger partial charge in [0.15, 0.2) is 11.6 Å². The maximum Gasteiger partial charge on any atom is 0.328 e. The Morgan fingerprint density at radius 2 is 1.00 bits per heavy atom. The summed E-state index contributed by atoms with van der Waals surface area (Å²) in [6, 6.07) is 10.6. The summed E-state index contributed by atoms with van der Waals surface area (Å²) in [6.45, 7) is 16.6. The second kappa shape index (κ2) is 31.2. The van der Waals surface area contributed by atoms with Gasteiger partial charge >= 0.3 is 11.9 Å². The second-order valence-corrected chi connectivity index (χ2v) is 12.2. The molecule has 6 N–H and O–H groups in total. The highest BCUT2D eigenvalue weighted by molar-refractivity contribution is 5.95. The van der Waals surface area contributed by atoms with Crippen molar-refractivity contribution in [2.75, 3.05) is 52.6 Å². The topological polar surface area (TPSA) is 210 Å². The van der Waals surface area contributed by atoms with Crippen molar-refractivity contribution in [2.45, 2.75) is 92.6 Å². The molecule has 2 aromatic carbocycles. The van der Waals surface area contributed by atoms with Crippen LogP contribution in [0.5, 0.6) is 11.5 Å². The van der Waals surface area contributed by atoms with E-state index in [1.165, 1.54) is 13.8 Å². The Bertz CT molecular complexity index is 1300. The highest BCUT2D eigenvalue weighted by Crippen LogP contribution is 2.23. The van der Waals surface area contributed by atoms with Gasteiger partial charge in [-0.3, -0.25) is 9.59 Å². The molecule has 0 radical (unpaired) electrons. The minimum Gasteiger partial charge on any atom is -0.490 e. The third-order valence-electron chi connectivity index (χ3n) is 6.99. The number of aliphatic hydroxyl groups excluding tert-OH is 2. The number of ketones is 2. The molecule has 14 heteroatoms. The van der Waals surface area contributed by atoms with E-state index in [0.29, 0.717) is 74.3 Å². The first-order valence-electron chi connectivity index (χ1n) is 18.4. The number of carboxylic acid groups (broad SMARTS) is 2. The van der Waals surface area contributed by atoms with Crippen LogP contribution in [-0.4, -0.2) is 109 Å². The number of hydrogen-bond donors (Lipinski definition) is 6. The van der Waals surface area contributed by atoms with E-state index in [-0.39, 0.29) is 24.8 Å². The van der Waals surface area contributed by atoms with Gasteiger partial charge in [0.25, 0.3) is 0 Å². The maximum absolute atomic E-state index is 11.5. The Kier molecular flexibility index (Phi) is 28.8. The SMILES string of the molecule is CCCNCC(O)COc1ccc(C(C)=O)cc1COCCC.CCCNCC(O)COc1ccc(C(C)=O)cc1COCCC.O=C(O)/C=C/C(=O)O. The number of carbonyl (C=O) groups is 4. The Morgan fingerprint density at radius 3 is 1.30 bits per heavy atom. The zero-order valence-corrected chi connectivity index (χ0v) is 32.7. The van der Waals surface area contributed by atoms with E-state index in [2.05, 4.69) is 24.5 Å². The summed E-state index contributed by atoms with van der Waals surface area (Å²) in [6.07, 6.45) is 3.90. The van der Waals surface area contributed by atoms with Crippen LogP contribution in [0.2, 0.25) is 0 Å². The van der Waals surface area contributed by atoms with E-state index in [1.807, 2.05) is 13.8 Å². The normalized spacial score (nSPS) is 11.8. The number of Topliss-reactive ketones (excluding diaryl/α,β-unsaturated/α-hetero) is 2. The highest BCUT2D eigenvalue weighted by atomic mass is 16.5. The molecule has 2 rings (SSSR count). The van der Waals surface area contributed by atoms with Crippen molar-refractivity contribution < 1.29 is 58.6 Å². The molecular weight excluding hydrogens is 700 g/mol. The van der Waals surface area contributed by atoms with E-state index < -0.39 is 24.1 Å². The number of aliphatic carboxylic acids is 2. The molecule has 2 aromatic rings. The van der Waals surface area contributed by atoms with Crippen LogP contribution in [0.3, 0.4) is 0 Å². The van der Waals surface area contributed by atoms with Crippen LogP contribution in [-0.2, 0) is 32.3 Å². The Balaban J connectivity index is 0.000000867. The van der Waals surface area contributed by atoms with Gasteiger partial charge in [-0.25, -0.2) is 9.59 Å². The molecule has 0 aliphatic heterocycles. The zero-order chi connectivity index (χ0) is 40.7. The third-order valence-corrected chi connectivity index (χ3v) is 6.99. The largest absolute Gasteiger partial charge is 0.490 e. The predicted molar refractivity (Wildman–Crippen MR) is 207 cm³/mol. The zero-order valence-electron chi connectivity index (χ0n) is 32.7. The van der Waals surface area contributed by atoms with E-state index >= 15 is 0 Å². The number of nitrogens with one attached hydrogen (secondary N) is 2. The molecule has 0 aliphatic rings. The lowest BCUT2D eigenvalue weighted by molar-refractivity contribution is -0.134. The number of carboxylic acids is 2. The molecule has 0 saturated carbocycles. The Labute approximate surface area is 319 Å². The number of aliphatic hydroxyl groups is 2. The highest BCUT2D eigenvalue weighted by Gasteiger charge is 2.12. The molecule has 14 nitrogen and oxygen atoms in total. The molecule has 0 spiro atoms. The van der Waals surface area contributed by atoms with Crippen molar-refractivity contribution in [1.82, 2.24) is 10.6 Å². The summed E-state index contributed by atoms with van der Waals surface area (Å²) in [4.78, 5) is 42.2. The van der Waals surface area contributed by atoms with Crippen molar-refractivity contribution in [3.05, 3.63) is 70.8 Å². The fourth-order valence-corrected chi connectivity index (χ4v) is 4.28. The van der Waals surface area contributed by atoms with E-state index in [9.17, 15) is 29.4 Å². The molecule has 0 heterocycles. The molecule has 0 aliphatic carbocycles. The van der Waals surface area contributed by atoms with Crippen molar-refractivity contribution in [1.29, 1.82) is 0 Å². The molecule has 0 aromatic heterocycles. The first-order chi connectivity index (χ1) is 25.8. The minimum atomic E-state index is -1.26. The fourth-order valence-electron chi connectivity index (χ4n) is 4.28. The summed E-state index contributed by atoms with van der Waals surface area (Å²) in [5.41, 5.74) is 2.94. The summed E-state index contributed by atoms with van der Waals surface area (Å²) in [5, 5.41) is 41.8. The van der Waals surface area contributed by atoms with Crippen molar-refractivity contribution in [3.8, 4) is 11.5 Å². The number of ether oxygens (including phenoxy) is 4. The first-order valence-corrected chi connectivity index (χ1v) is 18.4. The molecular formula is C40H62N2O12. The third kappa shape index (κ3) is 24.9. The van der Waals surface area contributed by atoms with Gasteiger partial charge in [0.2, 0.25) is 0 Å². The number of hydrogen-bond acceptors (Lipinski definition) is 12. The van der Waals surface area contributed by atoms with Gasteiger partial charge in [0.1, 0.15) is 36.9 Å². The molecule has 304 valence electrons. The van der Waals surface area contributed by atoms with E-state index in [4.69, 9.17) is 29.2 Å². The van der Waals surface area contributed by atoms with Gasteiger partial charge < -0.3 is 50.0 Å². The van der Waals surface area contributed by atoms with Crippen LogP contribution in [0.25, 0.3) is 0 Å². The second-order valence-electron chi connectivity index (χ2n) is 12.2. The molecule has 54 heavy (non-hydrogen) atoms. The minimum absolute atomic E-state index is 0.0112. The molecule has 0 bridgehead atoms. The lowest BCUT2D eigenvalue weighted by atomic mass is 10.1. The number of benzene rings is 2. The lowest BCUT2D eigenvalue weighted by Gasteiger charge is -2.16. The fraction of sp³-hybridized carbons (Fsp3) is 0.550. The van der Waals surface area contributed by atoms with Crippen LogP contribution in [0, 0.1) is 0 Å². The van der Waals surface area contributed by atoms with Crippen LogP contribution in [0.1, 0.15) is 99.1 Å². The van der Waals surface area contributed by atoms with Crippen molar-refractivity contribution in [2.24, 2.45) is 0 Å². The quantitative estimate of drug-likeness (QED) is 0.0431. The number of carbonyl (C=O) groups excluding carboxylic acids is 2. The van der Waals surface area contributed by atoms with Gasteiger partial charge in [-0.1, -0.05) is 27.7 Å². The number of rotatable bonds is 26. The summed E-state index contributed by atoms with van der Waals surface area (Å²) >= 11 is 0. The average Bonchev–Trinajstić information content (AvgIpc) is 3.13. The predicted octanol–water partition coefficient (Wildman–Crippen LogP) is 4.82. The van der Waals surface area contributed by atoms with Crippen LogP contribution in [0.15, 0.2) is 48.6 Å². The van der Waals surface area contributed by atoms with Crippen LogP contribution in [0.4, 0.5) is 0 Å². The summed E-state index contributed by atoms with van der Waals surface area (Å²) < 4.78 is 22.6. The standard InChI is InChI=1S/2C18H29NO4.C4H4O4/c2*1-4-8-19-11-17(21)13-23-18-7-6-15(14(3)20)10-16(18)12-22-9-5-2;5-3(6)1-2-4(7)8/h2*6-7,10,17,19,21H,4-5,8-9,11-13H2,1-3H3;1-2H,(H,5,6)(H,7,8)/b;;2-1+. The summed E-state index contributed by atoms with van der Waals surface area (Å²) in [5.74, 6) is -1.18. The first kappa shape index (κ1) is 49.8. The van der Waals surface area contributed by atoms with Crippen LogP contribution < -0.4 is 20.1 Å². The van der Waals surface area contributed by atoms with Gasteiger partial charge in [-0.2, -0.15) is 0 Å². The van der Waals surface area contributed by atoms with Gasteiger partial charge in [0, 0.05) is 60.7 Å². The molecule has 2 atom stereocenters. The van der Waals surface area contributed by atoms with Crippen LogP contribution >= 0.6 is 0 Å². The van der Waals surface area contributed by atoms with Gasteiger partial charge in [-0.05, 0) is 89.0 Å². The monoisotopic (exact) mass is 762 g/mol. The van der Waals surface area contributed by atoms with Crippen molar-refractivity contribution >= 4 is 23.5 Å². The summed E-state index contributed by atoms with van der Waals surface area (Å²) in [7, 11) is 0. The Hall–Kier alpha value is -4.18. The van der Waals surface area contributed by atoms with Crippen molar-refractivity contribution in [3.63, 3.8) is 0 Å². The Morgan fingerprint density at radius 1 is 0.630 bits per heavy atom. The molecule has 2 unspecified atom stereocenters. The van der Waals surface area contributed by atoms with Gasteiger partial charge in [0.05, 0.1) is 13.2 Å². The van der Waals surface area contributed by atoms with Gasteiger partial charge in [-0.15, -0.1) is 0 Å². The maximum atomic E-state index is 11.5.